The molecule has 0 radical (unpaired) electrons. The van der Waals surface area contributed by atoms with Crippen LogP contribution in [0.25, 0.3) is 21.7 Å². The van der Waals surface area contributed by atoms with Crippen molar-refractivity contribution in [2.24, 2.45) is 0 Å². The molecule has 0 spiro atoms. The fourth-order valence-corrected chi connectivity index (χ4v) is 6.93. The van der Waals surface area contributed by atoms with Crippen LogP contribution < -0.4 is 10.2 Å². The summed E-state index contributed by atoms with van der Waals surface area (Å²) in [5.74, 6) is -0.225. The van der Waals surface area contributed by atoms with E-state index in [1.807, 2.05) is 56.3 Å². The number of fused-ring (bicyclic) bond motifs is 3. The van der Waals surface area contributed by atoms with E-state index in [0.717, 1.165) is 65.7 Å². The summed E-state index contributed by atoms with van der Waals surface area (Å²) in [6.45, 7) is 11.0. The van der Waals surface area contributed by atoms with E-state index in [2.05, 4.69) is 22.0 Å². The molecule has 0 saturated carbocycles. The fourth-order valence-electron chi connectivity index (χ4n) is 5.44. The number of likely N-dealkylation sites (N-methyl/N-ethyl adjacent to an activating group) is 1. The molecule has 3 aromatic carbocycles. The van der Waals surface area contributed by atoms with Gasteiger partial charge in [0.05, 0.1) is 29.0 Å². The molecule has 2 heterocycles. The summed E-state index contributed by atoms with van der Waals surface area (Å²) >= 11 is 0. The Morgan fingerprint density at radius 2 is 1.72 bits per heavy atom. The number of nitrogens with one attached hydrogen (secondary N) is 1. The third-order valence-electron chi connectivity index (χ3n) is 7.64. The van der Waals surface area contributed by atoms with Crippen LogP contribution in [0.5, 0.6) is 0 Å². The molecule has 0 aliphatic carbocycles. The molecule has 9 heteroatoms. The summed E-state index contributed by atoms with van der Waals surface area (Å²) in [5.41, 5.74) is 2.87. The third-order valence-corrected chi connectivity index (χ3v) is 9.68. The average molecular weight is 549 g/mol. The number of nitrogens with zero attached hydrogens (tertiary/aromatic N) is 3. The van der Waals surface area contributed by atoms with Gasteiger partial charge in [-0.2, -0.15) is 4.31 Å². The van der Waals surface area contributed by atoms with Gasteiger partial charge in [-0.1, -0.05) is 51.1 Å². The van der Waals surface area contributed by atoms with Crippen LogP contribution in [0.4, 0.5) is 11.4 Å². The minimum Gasteiger partial charge on any atom is -0.464 e. The van der Waals surface area contributed by atoms with Crippen LogP contribution in [0.3, 0.4) is 0 Å². The number of hydrogen-bond donors (Lipinski definition) is 1. The number of sulfonamides is 1. The Bertz CT molecular complexity index is 1590. The van der Waals surface area contributed by atoms with Crippen molar-refractivity contribution in [1.29, 1.82) is 0 Å². The number of carbonyl (C=O) groups is 1. The van der Waals surface area contributed by atoms with Gasteiger partial charge in [-0.3, -0.25) is 4.79 Å². The second-order valence-corrected chi connectivity index (χ2v) is 11.8. The van der Waals surface area contributed by atoms with E-state index in [4.69, 9.17) is 4.42 Å². The number of piperazine rings is 1. The average Bonchev–Trinajstić information content (AvgIpc) is 3.36. The van der Waals surface area contributed by atoms with Gasteiger partial charge in [-0.05, 0) is 41.6 Å². The van der Waals surface area contributed by atoms with Gasteiger partial charge in [0.15, 0.2) is 0 Å². The summed E-state index contributed by atoms with van der Waals surface area (Å²) in [6.07, 6.45) is 1.75. The topological polar surface area (TPSA) is 86.1 Å². The normalized spacial score (nSPS) is 14.9. The molecule has 1 aliphatic rings. The zero-order valence-corrected chi connectivity index (χ0v) is 23.6. The lowest BCUT2D eigenvalue weighted by atomic mass is 10.0. The molecule has 1 N–H and O–H groups in total. The highest BCUT2D eigenvalue weighted by Gasteiger charge is 2.26. The number of amides is 1. The number of furan rings is 1. The number of hydrogen-bond acceptors (Lipinski definition) is 6. The van der Waals surface area contributed by atoms with Crippen molar-refractivity contribution in [3.8, 4) is 0 Å². The van der Waals surface area contributed by atoms with Crippen molar-refractivity contribution in [3.05, 3.63) is 66.4 Å². The monoisotopic (exact) mass is 548 g/mol. The highest BCUT2D eigenvalue weighted by Crippen LogP contribution is 2.33. The summed E-state index contributed by atoms with van der Waals surface area (Å²) < 4.78 is 33.8. The molecule has 0 bridgehead atoms. The zero-order valence-electron chi connectivity index (χ0n) is 22.8. The van der Waals surface area contributed by atoms with Crippen molar-refractivity contribution in [3.63, 3.8) is 0 Å². The van der Waals surface area contributed by atoms with E-state index in [1.54, 1.807) is 18.4 Å². The third kappa shape index (κ3) is 5.39. The SMILES string of the molecule is CCN1CCN(c2ccc(S(=O)(=O)N(CC)CC)cc2NC(=O)Cc2coc3ccc4ccccc4c23)CC1. The van der Waals surface area contributed by atoms with Crippen molar-refractivity contribution in [2.75, 3.05) is 56.0 Å². The first-order chi connectivity index (χ1) is 18.8. The maximum atomic E-state index is 13.5. The highest BCUT2D eigenvalue weighted by atomic mass is 32.2. The molecule has 0 atom stereocenters. The molecule has 8 nitrogen and oxygen atoms in total. The number of benzene rings is 3. The number of anilines is 2. The molecular formula is C30H36N4O4S. The Hall–Kier alpha value is -3.40. The lowest BCUT2D eigenvalue weighted by Crippen LogP contribution is -2.46. The molecule has 4 aromatic rings. The van der Waals surface area contributed by atoms with Crippen LogP contribution in [0.1, 0.15) is 26.3 Å². The lowest BCUT2D eigenvalue weighted by molar-refractivity contribution is -0.115. The molecule has 206 valence electrons. The van der Waals surface area contributed by atoms with Gasteiger partial charge >= 0.3 is 0 Å². The first-order valence-electron chi connectivity index (χ1n) is 13.6. The molecule has 5 rings (SSSR count). The minimum absolute atomic E-state index is 0.108. The van der Waals surface area contributed by atoms with E-state index >= 15 is 0 Å². The molecule has 1 fully saturated rings. The Morgan fingerprint density at radius 3 is 2.44 bits per heavy atom. The standard InChI is InChI=1S/C30H36N4O4S/c1-4-32-15-17-33(18-16-32)27-13-12-24(39(36,37)34(5-2)6-3)20-26(27)31-29(35)19-23-21-38-28-14-11-22-9-7-8-10-25(22)30(23)28/h7-14,20-21H,4-6,15-19H2,1-3H3,(H,31,35). The van der Waals surface area contributed by atoms with E-state index in [9.17, 15) is 13.2 Å². The van der Waals surface area contributed by atoms with Crippen LogP contribution >= 0.6 is 0 Å². The maximum absolute atomic E-state index is 13.5. The Morgan fingerprint density at radius 1 is 0.974 bits per heavy atom. The molecular weight excluding hydrogens is 512 g/mol. The second-order valence-electron chi connectivity index (χ2n) is 9.84. The van der Waals surface area contributed by atoms with E-state index in [1.165, 1.54) is 4.31 Å². The van der Waals surface area contributed by atoms with Crippen molar-refractivity contribution < 1.29 is 17.6 Å². The van der Waals surface area contributed by atoms with E-state index in [-0.39, 0.29) is 17.2 Å². The summed E-state index contributed by atoms with van der Waals surface area (Å²) in [4.78, 5) is 18.2. The van der Waals surface area contributed by atoms with E-state index < -0.39 is 10.0 Å². The van der Waals surface area contributed by atoms with Crippen molar-refractivity contribution in [1.82, 2.24) is 9.21 Å². The minimum atomic E-state index is -3.68. The first-order valence-corrected chi connectivity index (χ1v) is 15.1. The molecule has 1 aromatic heterocycles. The predicted octanol–water partition coefficient (Wildman–Crippen LogP) is 4.94. The molecule has 0 unspecified atom stereocenters. The van der Waals surface area contributed by atoms with Crippen LogP contribution in [-0.2, 0) is 21.2 Å². The highest BCUT2D eigenvalue weighted by molar-refractivity contribution is 7.89. The number of rotatable bonds is 9. The molecule has 39 heavy (non-hydrogen) atoms. The second kappa shape index (κ2) is 11.4. The van der Waals surface area contributed by atoms with Gasteiger partial charge in [0.1, 0.15) is 5.58 Å². The largest absolute Gasteiger partial charge is 0.464 e. The zero-order chi connectivity index (χ0) is 27.6. The van der Waals surface area contributed by atoms with Crippen LogP contribution in [0.2, 0.25) is 0 Å². The smallest absolute Gasteiger partial charge is 0.243 e. The Labute approximate surface area is 230 Å². The first kappa shape index (κ1) is 27.2. The van der Waals surface area contributed by atoms with Gasteiger partial charge < -0.3 is 19.5 Å². The summed E-state index contributed by atoms with van der Waals surface area (Å²) in [6, 6.07) is 17.1. The Kier molecular flexibility index (Phi) is 7.93. The van der Waals surface area contributed by atoms with Gasteiger partial charge in [0, 0.05) is 50.2 Å². The summed E-state index contributed by atoms with van der Waals surface area (Å²) in [7, 11) is -3.68. The van der Waals surface area contributed by atoms with Crippen molar-refractivity contribution >= 4 is 49.0 Å². The van der Waals surface area contributed by atoms with Gasteiger partial charge in [-0.15, -0.1) is 0 Å². The summed E-state index contributed by atoms with van der Waals surface area (Å²) in [5, 5.41) is 6.10. The lowest BCUT2D eigenvalue weighted by Gasteiger charge is -2.36. The van der Waals surface area contributed by atoms with E-state index in [0.29, 0.717) is 18.8 Å². The number of carbonyl (C=O) groups excluding carboxylic acids is 1. The molecule has 1 saturated heterocycles. The van der Waals surface area contributed by atoms with Gasteiger partial charge in [0.2, 0.25) is 15.9 Å². The molecule has 1 amide bonds. The van der Waals surface area contributed by atoms with Crippen LogP contribution in [0, 0.1) is 0 Å². The predicted molar refractivity (Wildman–Crippen MR) is 157 cm³/mol. The van der Waals surface area contributed by atoms with Crippen LogP contribution in [-0.4, -0.2) is 69.3 Å². The fraction of sp³-hybridized carbons (Fsp3) is 0.367. The quantitative estimate of drug-likeness (QED) is 0.319. The van der Waals surface area contributed by atoms with Gasteiger partial charge in [0.25, 0.3) is 0 Å². The van der Waals surface area contributed by atoms with Crippen molar-refractivity contribution in [2.45, 2.75) is 32.1 Å². The van der Waals surface area contributed by atoms with Crippen LogP contribution in [0.15, 0.2) is 70.2 Å². The maximum Gasteiger partial charge on any atom is 0.243 e. The molecule has 1 aliphatic heterocycles. The Balaban J connectivity index is 1.48. The van der Waals surface area contributed by atoms with Gasteiger partial charge in [-0.25, -0.2) is 8.42 Å².